The highest BCUT2D eigenvalue weighted by Gasteiger charge is 2.47. The number of alkyl halides is 4. The molecule has 1 atom stereocenters. The Morgan fingerprint density at radius 1 is 1.31 bits per heavy atom. The van der Waals surface area contributed by atoms with Crippen molar-refractivity contribution in [2.24, 2.45) is 0 Å². The molecular formula is C6H11ClF4OSi. The molecule has 0 aromatic heterocycles. The molecule has 0 heterocycles. The van der Waals surface area contributed by atoms with E-state index in [4.69, 9.17) is 11.1 Å². The van der Waals surface area contributed by atoms with Crippen LogP contribution in [0.25, 0.3) is 0 Å². The van der Waals surface area contributed by atoms with E-state index in [2.05, 4.69) is 4.74 Å². The van der Waals surface area contributed by atoms with E-state index in [1.807, 2.05) is 0 Å². The van der Waals surface area contributed by atoms with Gasteiger partial charge < -0.3 is 4.74 Å². The van der Waals surface area contributed by atoms with Gasteiger partial charge in [0, 0.05) is 0 Å². The van der Waals surface area contributed by atoms with E-state index >= 15 is 0 Å². The van der Waals surface area contributed by atoms with Crippen LogP contribution in [0.5, 0.6) is 0 Å². The summed E-state index contributed by atoms with van der Waals surface area (Å²) in [5.41, 5.74) is -3.49. The van der Waals surface area contributed by atoms with Crippen molar-refractivity contribution in [3.8, 4) is 0 Å². The number of halogens is 5. The monoisotopic (exact) mass is 238 g/mol. The molecule has 7 heteroatoms. The standard InChI is InChI=1S/C6H11ClF4OSi/c1-3-12-5(8,9)4-6(10,11)13(2)7/h13H,3-4H2,1-2H3. The fourth-order valence-electron chi connectivity index (χ4n) is 0.677. The average Bonchev–Trinajstić information content (AvgIpc) is 1.83. The zero-order valence-corrected chi connectivity index (χ0v) is 9.20. The van der Waals surface area contributed by atoms with Gasteiger partial charge in [-0.3, -0.25) is 0 Å². The van der Waals surface area contributed by atoms with Gasteiger partial charge in [-0.25, -0.2) is 8.78 Å². The summed E-state index contributed by atoms with van der Waals surface area (Å²) in [6, 6.07) is 0. The number of hydrogen-bond acceptors (Lipinski definition) is 1. The minimum absolute atomic E-state index is 0.304. The fourth-order valence-corrected chi connectivity index (χ4v) is 1.43. The van der Waals surface area contributed by atoms with Crippen molar-refractivity contribution in [1.82, 2.24) is 0 Å². The lowest BCUT2D eigenvalue weighted by molar-refractivity contribution is -0.258. The van der Waals surface area contributed by atoms with Gasteiger partial charge in [0.2, 0.25) is 8.11 Å². The molecule has 0 fully saturated rings. The maximum absolute atomic E-state index is 12.7. The molecule has 0 aliphatic rings. The van der Waals surface area contributed by atoms with Crippen molar-refractivity contribution in [1.29, 1.82) is 0 Å². The third-order valence-corrected chi connectivity index (χ3v) is 3.70. The van der Waals surface area contributed by atoms with Crippen molar-refractivity contribution in [2.75, 3.05) is 6.61 Å². The van der Waals surface area contributed by atoms with Gasteiger partial charge in [0.25, 0.3) is 5.55 Å². The van der Waals surface area contributed by atoms with Gasteiger partial charge in [-0.05, 0) is 6.92 Å². The van der Waals surface area contributed by atoms with Crippen molar-refractivity contribution in [3.05, 3.63) is 0 Å². The van der Waals surface area contributed by atoms with Crippen LogP contribution in [0.15, 0.2) is 0 Å². The highest BCUT2D eigenvalue weighted by Crippen LogP contribution is 2.34. The highest BCUT2D eigenvalue weighted by atomic mass is 35.6. The first-order chi connectivity index (χ1) is 5.71. The van der Waals surface area contributed by atoms with Crippen molar-refractivity contribution in [2.45, 2.75) is 31.5 Å². The third-order valence-electron chi connectivity index (χ3n) is 1.38. The SMILES string of the molecule is CCOC(F)(F)CC(F)(F)[SiH](C)Cl. The molecule has 0 spiro atoms. The summed E-state index contributed by atoms with van der Waals surface area (Å²) in [5, 5.41) is 0. The Hall–Kier alpha value is 0.187. The summed E-state index contributed by atoms with van der Waals surface area (Å²) in [5.74, 6) is 0. The second-order valence-corrected chi connectivity index (χ2v) is 6.66. The molecule has 0 saturated carbocycles. The van der Waals surface area contributed by atoms with Crippen LogP contribution in [0.2, 0.25) is 6.55 Å². The van der Waals surface area contributed by atoms with Crippen molar-refractivity contribution < 1.29 is 22.3 Å². The van der Waals surface area contributed by atoms with E-state index < -0.39 is 26.2 Å². The lowest BCUT2D eigenvalue weighted by Gasteiger charge is -2.23. The highest BCUT2D eigenvalue weighted by molar-refractivity contribution is 7.07. The topological polar surface area (TPSA) is 9.23 Å². The molecule has 1 nitrogen and oxygen atoms in total. The Bertz CT molecular complexity index is 165. The van der Waals surface area contributed by atoms with Crippen LogP contribution >= 0.6 is 11.1 Å². The molecule has 0 aliphatic heterocycles. The summed E-state index contributed by atoms with van der Waals surface area (Å²) in [7, 11) is -2.93. The second-order valence-electron chi connectivity index (χ2n) is 2.62. The first-order valence-corrected chi connectivity index (χ1v) is 7.22. The lowest BCUT2D eigenvalue weighted by Crippen LogP contribution is -2.39. The van der Waals surface area contributed by atoms with Crippen molar-refractivity contribution in [3.63, 3.8) is 0 Å². The molecule has 0 aliphatic carbocycles. The second kappa shape index (κ2) is 4.61. The van der Waals surface area contributed by atoms with E-state index in [0.29, 0.717) is 0 Å². The quantitative estimate of drug-likeness (QED) is 0.407. The molecular weight excluding hydrogens is 228 g/mol. The van der Waals surface area contributed by atoms with Crippen LogP contribution in [0.1, 0.15) is 13.3 Å². The van der Waals surface area contributed by atoms with Gasteiger partial charge in [0.1, 0.15) is 0 Å². The summed E-state index contributed by atoms with van der Waals surface area (Å²) in [6.45, 7) is 2.11. The molecule has 13 heavy (non-hydrogen) atoms. The Morgan fingerprint density at radius 3 is 2.08 bits per heavy atom. The molecule has 80 valence electrons. The predicted molar refractivity (Wildman–Crippen MR) is 45.0 cm³/mol. The van der Waals surface area contributed by atoms with Gasteiger partial charge in [0.15, 0.2) is 0 Å². The first-order valence-electron chi connectivity index (χ1n) is 3.75. The van der Waals surface area contributed by atoms with E-state index in [9.17, 15) is 17.6 Å². The van der Waals surface area contributed by atoms with Gasteiger partial charge in [-0.1, -0.05) is 6.55 Å². The van der Waals surface area contributed by atoms with Crippen LogP contribution in [-0.4, -0.2) is 26.4 Å². The molecule has 0 radical (unpaired) electrons. The largest absolute Gasteiger partial charge is 0.361 e. The molecule has 0 saturated heterocycles. The van der Waals surface area contributed by atoms with Crippen LogP contribution < -0.4 is 0 Å². The maximum Gasteiger partial charge on any atom is 0.361 e. The Labute approximate surface area is 80.3 Å². The zero-order valence-electron chi connectivity index (χ0n) is 7.29. The van der Waals surface area contributed by atoms with Gasteiger partial charge in [0.05, 0.1) is 13.0 Å². The number of ether oxygens (including phenoxy) is 1. The maximum atomic E-state index is 12.7. The minimum Gasteiger partial charge on any atom is -0.321 e. The van der Waals surface area contributed by atoms with Crippen LogP contribution in [0, 0.1) is 0 Å². The van der Waals surface area contributed by atoms with Gasteiger partial charge in [-0.2, -0.15) is 19.9 Å². The van der Waals surface area contributed by atoms with Crippen molar-refractivity contribution >= 4 is 19.2 Å². The van der Waals surface area contributed by atoms with E-state index in [0.717, 1.165) is 6.55 Å². The summed E-state index contributed by atoms with van der Waals surface area (Å²) in [4.78, 5) is 0. The number of hydrogen-bond donors (Lipinski definition) is 0. The molecule has 0 N–H and O–H groups in total. The van der Waals surface area contributed by atoms with E-state index in [-0.39, 0.29) is 6.61 Å². The van der Waals surface area contributed by atoms with Crippen LogP contribution in [-0.2, 0) is 4.74 Å². The molecule has 0 aromatic rings. The molecule has 0 rings (SSSR count). The molecule has 0 aromatic carbocycles. The Balaban J connectivity index is 4.24. The average molecular weight is 239 g/mol. The zero-order chi connectivity index (χ0) is 10.7. The summed E-state index contributed by atoms with van der Waals surface area (Å²) < 4.78 is 54.4. The lowest BCUT2D eigenvalue weighted by atomic mass is 10.4. The van der Waals surface area contributed by atoms with Gasteiger partial charge >= 0.3 is 6.11 Å². The minimum atomic E-state index is -3.78. The normalized spacial score (nSPS) is 15.9. The van der Waals surface area contributed by atoms with E-state index in [1.165, 1.54) is 6.92 Å². The number of rotatable bonds is 5. The Kier molecular flexibility index (Phi) is 4.68. The smallest absolute Gasteiger partial charge is 0.321 e. The van der Waals surface area contributed by atoms with E-state index in [1.54, 1.807) is 0 Å². The van der Waals surface area contributed by atoms with Crippen LogP contribution in [0.4, 0.5) is 17.6 Å². The fraction of sp³-hybridized carbons (Fsp3) is 1.00. The van der Waals surface area contributed by atoms with Crippen LogP contribution in [0.3, 0.4) is 0 Å². The summed E-state index contributed by atoms with van der Waals surface area (Å²) in [6.07, 6.45) is -5.40. The summed E-state index contributed by atoms with van der Waals surface area (Å²) >= 11 is 5.18. The molecule has 0 amide bonds. The molecule has 1 unspecified atom stereocenters. The third kappa shape index (κ3) is 4.83. The van der Waals surface area contributed by atoms with Gasteiger partial charge in [-0.15, -0.1) is 0 Å². The predicted octanol–water partition coefficient (Wildman–Crippen LogP) is 2.77. The molecule has 0 bridgehead atoms. The first kappa shape index (κ1) is 13.2. The Morgan fingerprint density at radius 2 is 1.77 bits per heavy atom.